The van der Waals surface area contributed by atoms with E-state index in [9.17, 15) is 4.79 Å². The van der Waals surface area contributed by atoms with E-state index >= 15 is 0 Å². The Morgan fingerprint density at radius 3 is 1.40 bits per heavy atom. The summed E-state index contributed by atoms with van der Waals surface area (Å²) in [5, 5.41) is 0. The van der Waals surface area contributed by atoms with Crippen molar-refractivity contribution in [1.29, 1.82) is 0 Å². The molecule has 2 rings (SSSR count). The molecule has 0 aliphatic heterocycles. The van der Waals surface area contributed by atoms with E-state index in [2.05, 4.69) is 13.2 Å². The quantitative estimate of drug-likeness (QED) is 0.604. The number of hydrogen-bond acceptors (Lipinski definition) is 3. The molecule has 100 valence electrons. The Labute approximate surface area is 117 Å². The molecule has 2 aromatic rings. The van der Waals surface area contributed by atoms with Gasteiger partial charge in [0.2, 0.25) is 0 Å². The van der Waals surface area contributed by atoms with Gasteiger partial charge in [-0.05, 0) is 0 Å². The normalized spacial score (nSPS) is 9.60. The first kappa shape index (κ1) is 13.6. The van der Waals surface area contributed by atoms with Gasteiger partial charge in [-0.25, -0.2) is 4.79 Å². The largest absolute Gasteiger partial charge is 0.519 e. The third-order valence-electron chi connectivity index (χ3n) is 2.60. The number of carbonyl (C=O) groups excluding carboxylic acids is 1. The molecular weight excluding hydrogens is 252 g/mol. The van der Waals surface area contributed by atoms with Crippen molar-refractivity contribution in [3.63, 3.8) is 0 Å². The number of ether oxygens (including phenoxy) is 2. The van der Waals surface area contributed by atoms with Gasteiger partial charge in [0, 0.05) is 11.1 Å². The van der Waals surface area contributed by atoms with Gasteiger partial charge in [-0.2, -0.15) is 0 Å². The molecule has 0 heterocycles. The molecule has 3 heteroatoms. The highest BCUT2D eigenvalue weighted by Gasteiger charge is 2.11. The molecule has 0 aliphatic carbocycles. The van der Waals surface area contributed by atoms with E-state index in [-0.39, 0.29) is 11.5 Å². The van der Waals surface area contributed by atoms with Crippen LogP contribution in [0, 0.1) is 0 Å². The van der Waals surface area contributed by atoms with Crippen molar-refractivity contribution in [3.8, 4) is 0 Å². The van der Waals surface area contributed by atoms with Gasteiger partial charge in [-0.1, -0.05) is 73.8 Å². The molecule has 0 atom stereocenters. The van der Waals surface area contributed by atoms with Crippen LogP contribution in [0.2, 0.25) is 0 Å². The minimum Gasteiger partial charge on any atom is -0.395 e. The maximum absolute atomic E-state index is 11.6. The summed E-state index contributed by atoms with van der Waals surface area (Å²) in [6.45, 7) is 7.38. The van der Waals surface area contributed by atoms with E-state index in [0.29, 0.717) is 0 Å². The molecule has 0 radical (unpaired) electrons. The standard InChI is InChI=1S/C17H14O3/c1-13(15-9-5-3-6-10-15)19-17(18)20-14(2)16-11-7-4-8-12-16/h3-12H,1-2H2. The highest BCUT2D eigenvalue weighted by molar-refractivity contribution is 5.77. The highest BCUT2D eigenvalue weighted by atomic mass is 16.7. The number of rotatable bonds is 4. The summed E-state index contributed by atoms with van der Waals surface area (Å²) in [5.74, 6) is 0.466. The molecule has 0 bridgehead atoms. The molecule has 2 aromatic carbocycles. The molecule has 0 fully saturated rings. The zero-order chi connectivity index (χ0) is 14.4. The van der Waals surface area contributed by atoms with Gasteiger partial charge in [0.05, 0.1) is 0 Å². The Morgan fingerprint density at radius 1 is 0.700 bits per heavy atom. The molecule has 0 N–H and O–H groups in total. The molecule has 3 nitrogen and oxygen atoms in total. The Kier molecular flexibility index (Phi) is 4.35. The average Bonchev–Trinajstić information content (AvgIpc) is 2.49. The van der Waals surface area contributed by atoms with Crippen molar-refractivity contribution in [1.82, 2.24) is 0 Å². The van der Waals surface area contributed by atoms with E-state index in [4.69, 9.17) is 9.47 Å². The van der Waals surface area contributed by atoms with E-state index < -0.39 is 6.16 Å². The van der Waals surface area contributed by atoms with Gasteiger partial charge in [-0.3, -0.25) is 0 Å². The summed E-state index contributed by atoms with van der Waals surface area (Å²) in [5.41, 5.74) is 1.43. The third kappa shape index (κ3) is 3.59. The second kappa shape index (κ2) is 6.38. The summed E-state index contributed by atoms with van der Waals surface area (Å²) in [6.07, 6.45) is -0.854. The topological polar surface area (TPSA) is 35.5 Å². The van der Waals surface area contributed by atoms with Crippen LogP contribution in [0.3, 0.4) is 0 Å². The first-order valence-corrected chi connectivity index (χ1v) is 6.05. The van der Waals surface area contributed by atoms with Crippen LogP contribution < -0.4 is 0 Å². The Bertz CT molecular complexity index is 560. The number of benzene rings is 2. The Morgan fingerprint density at radius 2 is 1.05 bits per heavy atom. The SMILES string of the molecule is C=C(OC(=O)OC(=C)c1ccccc1)c1ccccc1. The van der Waals surface area contributed by atoms with Gasteiger partial charge in [-0.15, -0.1) is 0 Å². The fourth-order valence-corrected chi connectivity index (χ4v) is 1.59. The predicted octanol–water partition coefficient (Wildman–Crippen LogP) is 4.48. The van der Waals surface area contributed by atoms with Gasteiger partial charge in [0.1, 0.15) is 11.5 Å². The van der Waals surface area contributed by atoms with Crippen LogP contribution in [0.1, 0.15) is 11.1 Å². The second-order valence-electron chi connectivity index (χ2n) is 4.03. The molecule has 0 amide bonds. The van der Waals surface area contributed by atoms with Crippen LogP contribution in [0.5, 0.6) is 0 Å². The van der Waals surface area contributed by atoms with Crippen LogP contribution in [0.4, 0.5) is 4.79 Å². The summed E-state index contributed by atoms with van der Waals surface area (Å²) in [7, 11) is 0. The number of hydrogen-bond donors (Lipinski definition) is 0. The van der Waals surface area contributed by atoms with Crippen molar-refractivity contribution in [2.24, 2.45) is 0 Å². The molecule has 20 heavy (non-hydrogen) atoms. The molecule has 0 aliphatic rings. The van der Waals surface area contributed by atoms with E-state index in [1.54, 1.807) is 24.3 Å². The van der Waals surface area contributed by atoms with Crippen LogP contribution in [0.15, 0.2) is 73.8 Å². The number of carbonyl (C=O) groups is 1. The zero-order valence-corrected chi connectivity index (χ0v) is 10.9. The zero-order valence-electron chi connectivity index (χ0n) is 10.9. The van der Waals surface area contributed by atoms with Crippen LogP contribution >= 0.6 is 0 Å². The Balaban J connectivity index is 1.93. The summed E-state index contributed by atoms with van der Waals surface area (Å²) in [6, 6.07) is 18.2. The van der Waals surface area contributed by atoms with Crippen molar-refractivity contribution in [3.05, 3.63) is 84.9 Å². The minimum absolute atomic E-state index is 0.233. The fraction of sp³-hybridized carbons (Fsp3) is 0. The van der Waals surface area contributed by atoms with Gasteiger partial charge in [0.25, 0.3) is 0 Å². The van der Waals surface area contributed by atoms with Gasteiger partial charge >= 0.3 is 6.16 Å². The Hall–Kier alpha value is -2.81. The van der Waals surface area contributed by atoms with E-state index in [1.165, 1.54) is 0 Å². The maximum atomic E-state index is 11.6. The lowest BCUT2D eigenvalue weighted by atomic mass is 10.2. The molecule has 0 saturated carbocycles. The molecule has 0 aromatic heterocycles. The summed E-state index contributed by atoms with van der Waals surface area (Å²) >= 11 is 0. The van der Waals surface area contributed by atoms with E-state index in [1.807, 2.05) is 36.4 Å². The first-order chi connectivity index (χ1) is 9.66. The van der Waals surface area contributed by atoms with Crippen molar-refractivity contribution >= 4 is 17.7 Å². The predicted molar refractivity (Wildman–Crippen MR) is 78.5 cm³/mol. The first-order valence-electron chi connectivity index (χ1n) is 6.05. The molecule has 0 saturated heterocycles. The average molecular weight is 266 g/mol. The second-order valence-corrected chi connectivity index (χ2v) is 4.03. The minimum atomic E-state index is -0.854. The van der Waals surface area contributed by atoms with Crippen LogP contribution in [-0.2, 0) is 9.47 Å². The van der Waals surface area contributed by atoms with Crippen molar-refractivity contribution in [2.45, 2.75) is 0 Å². The lowest BCUT2D eigenvalue weighted by molar-refractivity contribution is 0.133. The highest BCUT2D eigenvalue weighted by Crippen LogP contribution is 2.17. The van der Waals surface area contributed by atoms with Crippen molar-refractivity contribution < 1.29 is 14.3 Å². The molecule has 0 unspecified atom stereocenters. The maximum Gasteiger partial charge on any atom is 0.519 e. The molecular formula is C17H14O3. The smallest absolute Gasteiger partial charge is 0.395 e. The lowest BCUT2D eigenvalue weighted by Crippen LogP contribution is -2.05. The lowest BCUT2D eigenvalue weighted by Gasteiger charge is -2.09. The third-order valence-corrected chi connectivity index (χ3v) is 2.60. The van der Waals surface area contributed by atoms with Crippen LogP contribution in [-0.4, -0.2) is 6.16 Å². The van der Waals surface area contributed by atoms with Crippen LogP contribution in [0.25, 0.3) is 11.5 Å². The van der Waals surface area contributed by atoms with Gasteiger partial charge < -0.3 is 9.47 Å². The molecule has 0 spiro atoms. The summed E-state index contributed by atoms with van der Waals surface area (Å²) < 4.78 is 10.0. The fourth-order valence-electron chi connectivity index (χ4n) is 1.59. The summed E-state index contributed by atoms with van der Waals surface area (Å²) in [4.78, 5) is 11.6. The van der Waals surface area contributed by atoms with Gasteiger partial charge in [0.15, 0.2) is 0 Å². The van der Waals surface area contributed by atoms with Crippen molar-refractivity contribution in [2.75, 3.05) is 0 Å². The monoisotopic (exact) mass is 266 g/mol. The van der Waals surface area contributed by atoms with E-state index in [0.717, 1.165) is 11.1 Å².